The number of nitrogens with zero attached hydrogens (tertiary/aromatic N) is 1. The first kappa shape index (κ1) is 12.5. The Hall–Kier alpha value is -1.91. The molecule has 0 unspecified atom stereocenters. The molecule has 0 bridgehead atoms. The Morgan fingerprint density at radius 1 is 1.28 bits per heavy atom. The number of fused-ring (bicyclic) bond motifs is 1. The average Bonchev–Trinajstić information content (AvgIpc) is 2.31. The van der Waals surface area contributed by atoms with Gasteiger partial charge in [0.25, 0.3) is 0 Å². The molecule has 0 saturated carbocycles. The maximum absolute atomic E-state index is 12.2. The van der Waals surface area contributed by atoms with Gasteiger partial charge in [0.15, 0.2) is 0 Å². The molecule has 0 atom stereocenters. The molecule has 1 N–H and O–H groups in total. The third-order valence-electron chi connectivity index (χ3n) is 2.92. The molecule has 0 spiro atoms. The van der Waals surface area contributed by atoms with Gasteiger partial charge in [-0.1, -0.05) is 0 Å². The molecule has 0 aliphatic carbocycles. The minimum Gasteiger partial charge on any atom is -0.435 e. The molecule has 1 heterocycles. The van der Waals surface area contributed by atoms with Crippen LogP contribution in [0.4, 0.5) is 14.5 Å². The standard InChI is InChI=1S/C13H14F2N2O/c1-7-8(2)17-11-5-4-9(18-13(14)15)6-10(11)12(7)16-3/h4-6,13H,1-3H3,(H,16,17). The largest absolute Gasteiger partial charge is 0.435 e. The maximum atomic E-state index is 12.2. The summed E-state index contributed by atoms with van der Waals surface area (Å²) in [6.45, 7) is 1.04. The summed E-state index contributed by atoms with van der Waals surface area (Å²) in [6, 6.07) is 4.75. The first-order chi connectivity index (χ1) is 8.52. The van der Waals surface area contributed by atoms with E-state index in [-0.39, 0.29) is 5.75 Å². The molecule has 0 aliphatic rings. The molecule has 0 amide bonds. The number of aryl methyl sites for hydroxylation is 1. The van der Waals surface area contributed by atoms with Crippen LogP contribution in [0.1, 0.15) is 11.3 Å². The highest BCUT2D eigenvalue weighted by atomic mass is 19.3. The minimum atomic E-state index is -2.82. The SMILES string of the molecule is CNc1c(C)c(C)nc2ccc(OC(F)F)cc12. The van der Waals surface area contributed by atoms with Crippen molar-refractivity contribution in [2.45, 2.75) is 20.5 Å². The molecular weight excluding hydrogens is 238 g/mol. The van der Waals surface area contributed by atoms with Crippen molar-refractivity contribution in [2.24, 2.45) is 0 Å². The minimum absolute atomic E-state index is 0.138. The summed E-state index contributed by atoms with van der Waals surface area (Å²) in [5, 5.41) is 3.85. The number of ether oxygens (including phenoxy) is 1. The summed E-state index contributed by atoms with van der Waals surface area (Å²) < 4.78 is 28.8. The van der Waals surface area contributed by atoms with E-state index < -0.39 is 6.61 Å². The summed E-state index contributed by atoms with van der Waals surface area (Å²) in [4.78, 5) is 4.42. The molecule has 0 saturated heterocycles. The van der Waals surface area contributed by atoms with Crippen LogP contribution in [-0.4, -0.2) is 18.6 Å². The number of anilines is 1. The molecule has 2 rings (SSSR count). The molecule has 2 aromatic rings. The number of hydrogen-bond donors (Lipinski definition) is 1. The number of nitrogens with one attached hydrogen (secondary N) is 1. The fourth-order valence-corrected chi connectivity index (χ4v) is 1.96. The summed E-state index contributed by atoms with van der Waals surface area (Å²) >= 11 is 0. The predicted octanol–water partition coefficient (Wildman–Crippen LogP) is 3.49. The second-order valence-corrected chi connectivity index (χ2v) is 4.00. The molecule has 0 radical (unpaired) electrons. The summed E-state index contributed by atoms with van der Waals surface area (Å²) in [5.74, 6) is 0.138. The van der Waals surface area contributed by atoms with E-state index in [2.05, 4.69) is 15.0 Å². The van der Waals surface area contributed by atoms with Gasteiger partial charge in [-0.15, -0.1) is 0 Å². The predicted molar refractivity (Wildman–Crippen MR) is 67.4 cm³/mol. The lowest BCUT2D eigenvalue weighted by Gasteiger charge is -2.13. The molecule has 0 aliphatic heterocycles. The van der Waals surface area contributed by atoms with Crippen molar-refractivity contribution in [3.63, 3.8) is 0 Å². The number of benzene rings is 1. The van der Waals surface area contributed by atoms with Crippen molar-refractivity contribution >= 4 is 16.6 Å². The summed E-state index contributed by atoms with van der Waals surface area (Å²) in [7, 11) is 1.79. The van der Waals surface area contributed by atoms with Crippen molar-refractivity contribution in [2.75, 3.05) is 12.4 Å². The van der Waals surface area contributed by atoms with Gasteiger partial charge in [0.1, 0.15) is 5.75 Å². The number of aromatic nitrogens is 1. The van der Waals surface area contributed by atoms with E-state index in [4.69, 9.17) is 0 Å². The normalized spacial score (nSPS) is 11.0. The van der Waals surface area contributed by atoms with Crippen molar-refractivity contribution < 1.29 is 13.5 Å². The van der Waals surface area contributed by atoms with Gasteiger partial charge in [0.2, 0.25) is 0 Å². The van der Waals surface area contributed by atoms with Crippen LogP contribution in [0.25, 0.3) is 10.9 Å². The molecular formula is C13H14F2N2O. The quantitative estimate of drug-likeness (QED) is 0.907. The van der Waals surface area contributed by atoms with E-state index in [9.17, 15) is 8.78 Å². The van der Waals surface area contributed by atoms with Crippen molar-refractivity contribution in [1.82, 2.24) is 4.98 Å². The molecule has 96 valence electrons. The van der Waals surface area contributed by atoms with Crippen LogP contribution >= 0.6 is 0 Å². The Balaban J connectivity index is 2.63. The number of pyridine rings is 1. The van der Waals surface area contributed by atoms with Gasteiger partial charge in [-0.3, -0.25) is 4.98 Å². The first-order valence-electron chi connectivity index (χ1n) is 5.56. The van der Waals surface area contributed by atoms with Crippen LogP contribution in [-0.2, 0) is 0 Å². The van der Waals surface area contributed by atoms with E-state index in [0.29, 0.717) is 0 Å². The Labute approximate surface area is 104 Å². The van der Waals surface area contributed by atoms with E-state index in [1.54, 1.807) is 19.2 Å². The first-order valence-corrected chi connectivity index (χ1v) is 5.56. The molecule has 1 aromatic carbocycles. The highest BCUT2D eigenvalue weighted by Gasteiger charge is 2.11. The van der Waals surface area contributed by atoms with Gasteiger partial charge < -0.3 is 10.1 Å². The fraction of sp³-hybridized carbons (Fsp3) is 0.308. The molecule has 5 heteroatoms. The Kier molecular flexibility index (Phi) is 3.32. The van der Waals surface area contributed by atoms with Gasteiger partial charge in [0.05, 0.1) is 5.52 Å². The van der Waals surface area contributed by atoms with E-state index in [1.165, 1.54) is 6.07 Å². The number of rotatable bonds is 3. The zero-order chi connectivity index (χ0) is 13.3. The average molecular weight is 252 g/mol. The Bertz CT molecular complexity index is 585. The van der Waals surface area contributed by atoms with Gasteiger partial charge in [0, 0.05) is 23.8 Å². The van der Waals surface area contributed by atoms with Gasteiger partial charge in [-0.2, -0.15) is 8.78 Å². The lowest BCUT2D eigenvalue weighted by Crippen LogP contribution is -2.03. The summed E-state index contributed by atoms with van der Waals surface area (Å²) in [5.41, 5.74) is 3.55. The zero-order valence-corrected chi connectivity index (χ0v) is 10.4. The van der Waals surface area contributed by atoms with Crippen molar-refractivity contribution in [3.05, 3.63) is 29.5 Å². The summed E-state index contributed by atoms with van der Waals surface area (Å²) in [6.07, 6.45) is 0. The van der Waals surface area contributed by atoms with E-state index in [1.807, 2.05) is 13.8 Å². The highest BCUT2D eigenvalue weighted by molar-refractivity contribution is 5.94. The van der Waals surface area contributed by atoms with Crippen LogP contribution in [0.2, 0.25) is 0 Å². The lowest BCUT2D eigenvalue weighted by atomic mass is 10.1. The topological polar surface area (TPSA) is 34.2 Å². The van der Waals surface area contributed by atoms with Crippen molar-refractivity contribution in [3.8, 4) is 5.75 Å². The smallest absolute Gasteiger partial charge is 0.387 e. The molecule has 18 heavy (non-hydrogen) atoms. The molecule has 3 nitrogen and oxygen atoms in total. The number of alkyl halides is 2. The number of halogens is 2. The van der Waals surface area contributed by atoms with Crippen LogP contribution in [0.15, 0.2) is 18.2 Å². The van der Waals surface area contributed by atoms with E-state index in [0.717, 1.165) is 27.8 Å². The Morgan fingerprint density at radius 2 is 2.00 bits per heavy atom. The van der Waals surface area contributed by atoms with Crippen LogP contribution in [0, 0.1) is 13.8 Å². The lowest BCUT2D eigenvalue weighted by molar-refractivity contribution is -0.0497. The third kappa shape index (κ3) is 2.20. The van der Waals surface area contributed by atoms with Crippen LogP contribution in [0.3, 0.4) is 0 Å². The van der Waals surface area contributed by atoms with E-state index >= 15 is 0 Å². The zero-order valence-electron chi connectivity index (χ0n) is 10.4. The van der Waals surface area contributed by atoms with Gasteiger partial charge in [-0.05, 0) is 37.6 Å². The monoisotopic (exact) mass is 252 g/mol. The second kappa shape index (κ2) is 4.76. The van der Waals surface area contributed by atoms with Crippen LogP contribution in [0.5, 0.6) is 5.75 Å². The molecule has 0 fully saturated rings. The van der Waals surface area contributed by atoms with Gasteiger partial charge in [-0.25, -0.2) is 0 Å². The van der Waals surface area contributed by atoms with Crippen molar-refractivity contribution in [1.29, 1.82) is 0 Å². The highest BCUT2D eigenvalue weighted by Crippen LogP contribution is 2.30. The Morgan fingerprint density at radius 3 is 2.61 bits per heavy atom. The van der Waals surface area contributed by atoms with Crippen LogP contribution < -0.4 is 10.1 Å². The number of hydrogen-bond acceptors (Lipinski definition) is 3. The maximum Gasteiger partial charge on any atom is 0.387 e. The fourth-order valence-electron chi connectivity index (χ4n) is 1.96. The second-order valence-electron chi connectivity index (χ2n) is 4.00. The third-order valence-corrected chi connectivity index (χ3v) is 2.92. The molecule has 1 aromatic heterocycles. The van der Waals surface area contributed by atoms with Gasteiger partial charge >= 0.3 is 6.61 Å².